The second-order valence-electron chi connectivity index (χ2n) is 27.2. The number of carbonyl (C=O) groups is 2. The van der Waals surface area contributed by atoms with Gasteiger partial charge in [-0.25, -0.2) is 5.06 Å². The van der Waals surface area contributed by atoms with Gasteiger partial charge in [0.2, 0.25) is 5.91 Å². The number of fused-ring (bicyclic) bond motifs is 12. The highest BCUT2D eigenvalue weighted by Gasteiger charge is 2.64. The van der Waals surface area contributed by atoms with Gasteiger partial charge >= 0.3 is 0 Å². The third kappa shape index (κ3) is 10.8. The first kappa shape index (κ1) is 59.6. The van der Waals surface area contributed by atoms with Gasteiger partial charge in [-0.1, -0.05) is 88.8 Å². The van der Waals surface area contributed by atoms with Crippen LogP contribution in [-0.4, -0.2) is 66.5 Å². The van der Waals surface area contributed by atoms with E-state index in [1.165, 1.54) is 92.9 Å². The standard InChI is InChI=1S/C32H42O3.C23H39NO3.C11H9BrO.2CH4/c1-30(34)15-16-31(2)23(19-30)8-10-25-26-11-12-28(32(26,3)14-13-27(25)31)29(33)22-6-5-21-18-24(35-4)9-7-20(21)17-22;1-21(26)12-13-22(2)15(14-21)6-7-16-17-8-9-19(20(25)24(4)27-5)23(17,3)11-10-18(16)22;1-13-11-5-3-8-6-10(12)4-2-9(8)7-11;;/h5-7,9,17-18,23,25-28,34H,8,10-16,19H2,1-4H3;15-19,26H,6-14H2,1-5H3;2-7H,1H3;2*1H4/t23-,25+,26+,27+,28-,30-,31+,32+;15-,16+,17+,18+,19-,21-,22+,23+;;;/m11.../s1. The molecule has 16 atom stereocenters. The van der Waals surface area contributed by atoms with Crippen molar-refractivity contribution in [2.24, 2.45) is 80.8 Å². The lowest BCUT2D eigenvalue weighted by Crippen LogP contribution is -2.56. The Balaban J connectivity index is 0.000000165. The Kier molecular flexibility index (Phi) is 17.4. The van der Waals surface area contributed by atoms with Gasteiger partial charge < -0.3 is 19.7 Å². The number of hydrogen-bond donors (Lipinski definition) is 2. The third-order valence-corrected chi connectivity index (χ3v) is 23.9. The van der Waals surface area contributed by atoms with Gasteiger partial charge in [0.05, 0.1) is 32.5 Å². The van der Waals surface area contributed by atoms with Crippen LogP contribution < -0.4 is 9.47 Å². The summed E-state index contributed by atoms with van der Waals surface area (Å²) in [5.41, 5.74) is 0.949. The number of Topliss-reactive ketones (excluding diaryl/α,β-unsaturated/α-hetero) is 1. The van der Waals surface area contributed by atoms with E-state index < -0.39 is 11.2 Å². The first-order valence-electron chi connectivity index (χ1n) is 29.2. The first-order chi connectivity index (χ1) is 35.6. The van der Waals surface area contributed by atoms with Crippen molar-refractivity contribution < 1.29 is 34.1 Å². The number of carbonyl (C=O) groups excluding carboxylic acids is 2. The molecule has 1 amide bonds. The van der Waals surface area contributed by atoms with Crippen molar-refractivity contribution in [1.29, 1.82) is 0 Å². The number of methoxy groups -OCH3 is 2. The summed E-state index contributed by atoms with van der Waals surface area (Å²) in [6.07, 6.45) is 20.6. The van der Waals surface area contributed by atoms with Crippen molar-refractivity contribution in [1.82, 2.24) is 5.06 Å². The highest BCUT2D eigenvalue weighted by molar-refractivity contribution is 9.10. The molecule has 8 saturated carbocycles. The van der Waals surface area contributed by atoms with Crippen LogP contribution in [0.4, 0.5) is 0 Å². The number of amides is 1. The van der Waals surface area contributed by atoms with E-state index in [2.05, 4.69) is 80.0 Å². The molecule has 2 N–H and O–H groups in total. The maximum atomic E-state index is 13.9. The Labute approximate surface area is 472 Å². The van der Waals surface area contributed by atoms with Gasteiger partial charge in [0.1, 0.15) is 11.5 Å². The lowest BCUT2D eigenvalue weighted by Gasteiger charge is -2.61. The van der Waals surface area contributed by atoms with Gasteiger partial charge in [-0.05, 0) is 262 Å². The number of aliphatic hydroxyl groups is 2. The molecule has 0 spiro atoms. The Morgan fingerprint density at radius 1 is 0.506 bits per heavy atom. The van der Waals surface area contributed by atoms with Crippen molar-refractivity contribution in [2.45, 2.75) is 183 Å². The molecule has 0 aliphatic heterocycles. The van der Waals surface area contributed by atoms with Gasteiger partial charge in [0.15, 0.2) is 5.78 Å². The summed E-state index contributed by atoms with van der Waals surface area (Å²) in [6, 6.07) is 24.5. The van der Waals surface area contributed by atoms with Gasteiger partial charge in [-0.15, -0.1) is 0 Å². The molecule has 0 heterocycles. The fourth-order valence-electron chi connectivity index (χ4n) is 19.0. The fourth-order valence-corrected chi connectivity index (χ4v) is 19.4. The van der Waals surface area contributed by atoms with Gasteiger partial charge in [-0.3, -0.25) is 14.4 Å². The molecule has 4 aromatic carbocycles. The van der Waals surface area contributed by atoms with E-state index in [1.54, 1.807) is 28.4 Å². The summed E-state index contributed by atoms with van der Waals surface area (Å²) >= 11 is 3.44. The molecule has 0 saturated heterocycles. The Morgan fingerprint density at radius 2 is 0.935 bits per heavy atom. The van der Waals surface area contributed by atoms with Crippen molar-refractivity contribution in [3.63, 3.8) is 0 Å². The molecular formula is C68H98BrNO7. The minimum atomic E-state index is -0.476. The molecule has 0 bridgehead atoms. The van der Waals surface area contributed by atoms with Crippen molar-refractivity contribution in [3.05, 3.63) is 82.8 Å². The molecule has 0 aromatic heterocycles. The average molecular weight is 1120 g/mol. The van der Waals surface area contributed by atoms with Crippen LogP contribution in [0.5, 0.6) is 11.5 Å². The molecule has 8 fully saturated rings. The van der Waals surface area contributed by atoms with E-state index in [4.69, 9.17) is 14.3 Å². The van der Waals surface area contributed by atoms with Crippen molar-refractivity contribution in [2.75, 3.05) is 28.4 Å². The van der Waals surface area contributed by atoms with Crippen molar-refractivity contribution >= 4 is 49.2 Å². The number of nitrogens with zero attached hydrogens (tertiary/aromatic N) is 1. The maximum absolute atomic E-state index is 13.9. The van der Waals surface area contributed by atoms with E-state index in [0.717, 1.165) is 94.5 Å². The lowest BCUT2D eigenvalue weighted by atomic mass is 9.44. The molecule has 77 heavy (non-hydrogen) atoms. The van der Waals surface area contributed by atoms with Crippen LogP contribution >= 0.6 is 15.9 Å². The van der Waals surface area contributed by atoms with E-state index in [0.29, 0.717) is 40.3 Å². The predicted molar refractivity (Wildman–Crippen MR) is 318 cm³/mol. The number of ether oxygens (including phenoxy) is 2. The molecule has 424 valence electrons. The number of ketones is 1. The predicted octanol–water partition coefficient (Wildman–Crippen LogP) is 16.7. The van der Waals surface area contributed by atoms with Gasteiger partial charge in [0, 0.05) is 28.9 Å². The van der Waals surface area contributed by atoms with E-state index >= 15 is 0 Å². The smallest absolute Gasteiger partial charge is 0.249 e. The topological polar surface area (TPSA) is 106 Å². The van der Waals surface area contributed by atoms with E-state index in [9.17, 15) is 19.8 Å². The summed E-state index contributed by atoms with van der Waals surface area (Å²) < 4.78 is 11.6. The fraction of sp³-hybridized carbons (Fsp3) is 0.676. The van der Waals surface area contributed by atoms with Gasteiger partial charge in [0.25, 0.3) is 0 Å². The Morgan fingerprint density at radius 3 is 1.43 bits per heavy atom. The van der Waals surface area contributed by atoms with Crippen LogP contribution in [-0.2, 0) is 9.63 Å². The largest absolute Gasteiger partial charge is 0.497 e. The van der Waals surface area contributed by atoms with Crippen LogP contribution in [0.25, 0.3) is 21.5 Å². The zero-order valence-electron chi connectivity index (χ0n) is 47.2. The zero-order valence-corrected chi connectivity index (χ0v) is 48.8. The first-order valence-corrected chi connectivity index (χ1v) is 30.0. The molecule has 8 nitrogen and oxygen atoms in total. The molecule has 8 aliphatic carbocycles. The second-order valence-corrected chi connectivity index (χ2v) is 28.1. The van der Waals surface area contributed by atoms with Gasteiger partial charge in [-0.2, -0.15) is 0 Å². The van der Waals surface area contributed by atoms with Crippen LogP contribution in [0.2, 0.25) is 0 Å². The lowest BCUT2D eigenvalue weighted by molar-refractivity contribution is -0.182. The molecule has 4 aromatic rings. The average Bonchev–Trinajstić information content (AvgIpc) is 3.95. The van der Waals surface area contributed by atoms with Crippen LogP contribution in [0.1, 0.15) is 182 Å². The van der Waals surface area contributed by atoms with Crippen molar-refractivity contribution in [3.8, 4) is 11.5 Å². The number of benzene rings is 4. The number of rotatable bonds is 6. The highest BCUT2D eigenvalue weighted by atomic mass is 79.9. The monoisotopic (exact) mass is 1120 g/mol. The summed E-state index contributed by atoms with van der Waals surface area (Å²) in [7, 11) is 6.71. The minimum Gasteiger partial charge on any atom is -0.497 e. The quantitative estimate of drug-likeness (QED) is 0.146. The normalized spacial score (nSPS) is 39.3. The number of hydroxylamine groups is 2. The SMILES string of the molecule is C.C.CON(C)C(=O)[C@H]1CC[C@H]2[C@@H]3CC[C@@H]4C[C@](C)(O)CC[C@]4(C)[C@H]3CC[C@]12C.COc1ccc2cc(Br)ccc2c1.COc1ccc2cc(C(=O)[C@H]3CC[C@H]4[C@@H]5CC[C@@H]6C[C@](C)(O)CC[C@]6(C)[C@H]5CC[C@]34C)ccc2c1. The summed E-state index contributed by atoms with van der Waals surface area (Å²) in [6.45, 7) is 14.0. The van der Waals surface area contributed by atoms with Crippen LogP contribution in [0, 0.1) is 80.8 Å². The summed E-state index contributed by atoms with van der Waals surface area (Å²) in [5.74, 6) is 8.27. The molecule has 0 radical (unpaired) electrons. The second kappa shape index (κ2) is 22.4. The zero-order chi connectivity index (χ0) is 53.5. The molecule has 9 heteroatoms. The molecule has 0 unspecified atom stereocenters. The number of halogens is 1. The molecule has 8 aliphatic rings. The van der Waals surface area contributed by atoms with E-state index in [-0.39, 0.29) is 43.4 Å². The van der Waals surface area contributed by atoms with Crippen LogP contribution in [0.3, 0.4) is 0 Å². The Hall–Kier alpha value is -3.50. The number of hydrogen-bond acceptors (Lipinski definition) is 7. The molecular weight excluding hydrogens is 1020 g/mol. The molecule has 12 rings (SSSR count). The van der Waals surface area contributed by atoms with Crippen LogP contribution in [0.15, 0.2) is 77.3 Å². The Bertz CT molecular complexity index is 2750. The maximum Gasteiger partial charge on any atom is 0.249 e. The highest BCUT2D eigenvalue weighted by Crippen LogP contribution is 2.70. The minimum absolute atomic E-state index is 0. The third-order valence-electron chi connectivity index (χ3n) is 23.4. The summed E-state index contributed by atoms with van der Waals surface area (Å²) in [5, 5.41) is 27.5. The van der Waals surface area contributed by atoms with E-state index in [1.807, 2.05) is 50.2 Å². The summed E-state index contributed by atoms with van der Waals surface area (Å²) in [4.78, 5) is 32.1.